The van der Waals surface area contributed by atoms with E-state index in [-0.39, 0.29) is 10.8 Å². The van der Waals surface area contributed by atoms with Gasteiger partial charge < -0.3 is 4.90 Å². The summed E-state index contributed by atoms with van der Waals surface area (Å²) in [5, 5.41) is 0.664. The highest BCUT2D eigenvalue weighted by atomic mass is 79.9. The molecule has 7 heteroatoms. The first-order chi connectivity index (χ1) is 9.85. The van der Waals surface area contributed by atoms with Crippen LogP contribution in [0.2, 0.25) is 0 Å². The number of benzene rings is 1. The Labute approximate surface area is 134 Å². The molecular weight excluding hydrogens is 356 g/mol. The lowest BCUT2D eigenvalue weighted by Gasteiger charge is -2.23. The summed E-state index contributed by atoms with van der Waals surface area (Å²) in [6.07, 6.45) is 0. The molecule has 0 saturated carbocycles. The summed E-state index contributed by atoms with van der Waals surface area (Å²) in [6, 6.07) is 5.76. The van der Waals surface area contributed by atoms with Crippen LogP contribution < -0.4 is 4.72 Å². The highest BCUT2D eigenvalue weighted by Crippen LogP contribution is 2.13. The molecule has 0 saturated heterocycles. The molecule has 118 valence electrons. The summed E-state index contributed by atoms with van der Waals surface area (Å²) in [5.74, 6) is -0.222. The Morgan fingerprint density at radius 1 is 1.24 bits per heavy atom. The van der Waals surface area contributed by atoms with E-state index in [2.05, 4.69) is 20.7 Å². The molecule has 0 spiro atoms. The topological polar surface area (TPSA) is 66.5 Å². The summed E-state index contributed by atoms with van der Waals surface area (Å²) in [5.41, 5.74) is 0.987. The fourth-order valence-corrected chi connectivity index (χ4v) is 3.49. The molecule has 0 radical (unpaired) electrons. The largest absolute Gasteiger partial charge is 0.342 e. The molecule has 0 aliphatic carbocycles. The van der Waals surface area contributed by atoms with Crippen molar-refractivity contribution in [3.05, 3.63) is 29.8 Å². The molecule has 1 unspecified atom stereocenters. The molecule has 0 fully saturated rings. The Bertz CT molecular complexity index is 568. The van der Waals surface area contributed by atoms with Gasteiger partial charge in [-0.25, -0.2) is 8.42 Å². The van der Waals surface area contributed by atoms with Crippen LogP contribution >= 0.6 is 15.9 Å². The second kappa shape index (κ2) is 7.91. The Morgan fingerprint density at radius 2 is 1.76 bits per heavy atom. The van der Waals surface area contributed by atoms with Gasteiger partial charge in [-0.15, -0.1) is 0 Å². The van der Waals surface area contributed by atoms with E-state index >= 15 is 0 Å². The first-order valence-corrected chi connectivity index (χ1v) is 9.42. The Hall–Kier alpha value is -0.920. The van der Waals surface area contributed by atoms with Crippen LogP contribution in [0.3, 0.4) is 0 Å². The van der Waals surface area contributed by atoms with Crippen LogP contribution in [0.1, 0.15) is 26.3 Å². The van der Waals surface area contributed by atoms with Crippen LogP contribution in [0.4, 0.5) is 0 Å². The molecular formula is C14H21BrN2O3S. The third-order valence-electron chi connectivity index (χ3n) is 3.17. The van der Waals surface area contributed by atoms with E-state index in [0.717, 1.165) is 5.56 Å². The first kappa shape index (κ1) is 18.1. The van der Waals surface area contributed by atoms with E-state index in [4.69, 9.17) is 0 Å². The van der Waals surface area contributed by atoms with Crippen LogP contribution in [-0.4, -0.2) is 38.4 Å². The Morgan fingerprint density at radius 3 is 2.19 bits per heavy atom. The number of amides is 1. The van der Waals surface area contributed by atoms with Gasteiger partial charge in [0.1, 0.15) is 0 Å². The van der Waals surface area contributed by atoms with Crippen molar-refractivity contribution < 1.29 is 13.2 Å². The zero-order valence-corrected chi connectivity index (χ0v) is 14.9. The zero-order valence-electron chi connectivity index (χ0n) is 12.5. The van der Waals surface area contributed by atoms with E-state index in [9.17, 15) is 13.2 Å². The minimum Gasteiger partial charge on any atom is -0.342 e. The van der Waals surface area contributed by atoms with Crippen LogP contribution in [0, 0.1) is 0 Å². The van der Waals surface area contributed by atoms with Crippen LogP contribution in [-0.2, 0) is 20.1 Å². The molecule has 1 N–H and O–H groups in total. The maximum atomic E-state index is 12.3. The van der Waals surface area contributed by atoms with E-state index in [1.54, 1.807) is 24.0 Å². The number of likely N-dealkylation sites (N-methyl/N-ethyl adjacent to an activating group) is 1. The number of hydrogen-bond acceptors (Lipinski definition) is 3. The fraction of sp³-hybridized carbons (Fsp3) is 0.500. The molecule has 1 aromatic rings. The van der Waals surface area contributed by atoms with Gasteiger partial charge in [-0.2, -0.15) is 4.72 Å². The predicted molar refractivity (Wildman–Crippen MR) is 86.8 cm³/mol. The van der Waals surface area contributed by atoms with E-state index < -0.39 is 16.1 Å². The summed E-state index contributed by atoms with van der Waals surface area (Å²) < 4.78 is 26.9. The number of carbonyl (C=O) groups is 1. The number of carbonyl (C=O) groups excluding carboxylic acids is 1. The average Bonchev–Trinajstić information content (AvgIpc) is 2.48. The molecule has 5 nitrogen and oxygen atoms in total. The SMILES string of the molecule is CCN(CC)C(=O)C(C)NS(=O)(=O)c1ccc(CBr)cc1. The van der Waals surface area contributed by atoms with Gasteiger partial charge in [-0.1, -0.05) is 28.1 Å². The number of alkyl halides is 1. The van der Waals surface area contributed by atoms with Crippen molar-refractivity contribution >= 4 is 31.9 Å². The summed E-state index contributed by atoms with van der Waals surface area (Å²) >= 11 is 3.31. The number of hydrogen-bond donors (Lipinski definition) is 1. The summed E-state index contributed by atoms with van der Waals surface area (Å²) in [4.78, 5) is 13.9. The molecule has 1 atom stereocenters. The number of sulfonamides is 1. The van der Waals surface area contributed by atoms with Gasteiger partial charge in [0.25, 0.3) is 0 Å². The van der Waals surface area contributed by atoms with Crippen LogP contribution in [0.15, 0.2) is 29.2 Å². The molecule has 21 heavy (non-hydrogen) atoms. The van der Waals surface area contributed by atoms with E-state index in [0.29, 0.717) is 18.4 Å². The van der Waals surface area contributed by atoms with Gasteiger partial charge in [0, 0.05) is 18.4 Å². The maximum Gasteiger partial charge on any atom is 0.241 e. The third kappa shape index (κ3) is 4.79. The van der Waals surface area contributed by atoms with Crippen molar-refractivity contribution in [3.63, 3.8) is 0 Å². The first-order valence-electron chi connectivity index (χ1n) is 6.81. The normalized spacial score (nSPS) is 13.0. The van der Waals surface area contributed by atoms with Gasteiger partial charge in [-0.05, 0) is 38.5 Å². The van der Waals surface area contributed by atoms with E-state index in [1.807, 2.05) is 13.8 Å². The van der Waals surface area contributed by atoms with Gasteiger partial charge >= 0.3 is 0 Å². The lowest BCUT2D eigenvalue weighted by Crippen LogP contribution is -2.46. The van der Waals surface area contributed by atoms with Crippen molar-refractivity contribution in [1.29, 1.82) is 0 Å². The average molecular weight is 377 g/mol. The second-order valence-electron chi connectivity index (χ2n) is 4.63. The molecule has 1 rings (SSSR count). The number of rotatable bonds is 7. The molecule has 0 heterocycles. The second-order valence-corrected chi connectivity index (χ2v) is 6.91. The standard InChI is InChI=1S/C14H21BrN2O3S/c1-4-17(5-2)14(18)11(3)16-21(19,20)13-8-6-12(10-15)7-9-13/h6-9,11,16H,4-5,10H2,1-3H3. The quantitative estimate of drug-likeness (QED) is 0.741. The smallest absolute Gasteiger partial charge is 0.241 e. The van der Waals surface area contributed by atoms with E-state index in [1.165, 1.54) is 12.1 Å². The molecule has 1 aromatic carbocycles. The molecule has 0 aromatic heterocycles. The van der Waals surface area contributed by atoms with Crippen LogP contribution in [0.5, 0.6) is 0 Å². The third-order valence-corrected chi connectivity index (χ3v) is 5.37. The molecule has 0 bridgehead atoms. The summed E-state index contributed by atoms with van der Waals surface area (Å²) in [6.45, 7) is 6.40. The number of nitrogens with one attached hydrogen (secondary N) is 1. The van der Waals surface area contributed by atoms with Crippen molar-refractivity contribution in [2.75, 3.05) is 13.1 Å². The van der Waals surface area contributed by atoms with Crippen molar-refractivity contribution in [1.82, 2.24) is 9.62 Å². The zero-order chi connectivity index (χ0) is 16.0. The number of halogens is 1. The number of nitrogens with zero attached hydrogens (tertiary/aromatic N) is 1. The molecule has 1 amide bonds. The highest BCUT2D eigenvalue weighted by Gasteiger charge is 2.24. The lowest BCUT2D eigenvalue weighted by molar-refractivity contribution is -0.132. The molecule has 0 aliphatic rings. The minimum atomic E-state index is -3.69. The van der Waals surface area contributed by atoms with Crippen molar-refractivity contribution in [2.24, 2.45) is 0 Å². The van der Waals surface area contributed by atoms with Crippen molar-refractivity contribution in [2.45, 2.75) is 37.0 Å². The maximum absolute atomic E-state index is 12.3. The van der Waals surface area contributed by atoms with Gasteiger partial charge in [0.05, 0.1) is 10.9 Å². The van der Waals surface area contributed by atoms with Gasteiger partial charge in [0.2, 0.25) is 15.9 Å². The van der Waals surface area contributed by atoms with Crippen molar-refractivity contribution in [3.8, 4) is 0 Å². The fourth-order valence-electron chi connectivity index (χ4n) is 1.92. The minimum absolute atomic E-state index is 0.159. The molecule has 0 aliphatic heterocycles. The highest BCUT2D eigenvalue weighted by molar-refractivity contribution is 9.08. The Balaban J connectivity index is 2.86. The predicted octanol–water partition coefficient (Wildman–Crippen LogP) is 2.12. The summed E-state index contributed by atoms with van der Waals surface area (Å²) in [7, 11) is -3.69. The lowest BCUT2D eigenvalue weighted by atomic mass is 10.2. The van der Waals surface area contributed by atoms with Gasteiger partial charge in [0.15, 0.2) is 0 Å². The monoisotopic (exact) mass is 376 g/mol. The van der Waals surface area contributed by atoms with Gasteiger partial charge in [-0.3, -0.25) is 4.79 Å². The van der Waals surface area contributed by atoms with Crippen LogP contribution in [0.25, 0.3) is 0 Å². The Kier molecular flexibility index (Phi) is 6.83.